The van der Waals surface area contributed by atoms with Crippen molar-refractivity contribution in [1.82, 2.24) is 5.32 Å². The molecule has 0 spiro atoms. The topological polar surface area (TPSA) is 67.5 Å². The van der Waals surface area contributed by atoms with Gasteiger partial charge in [-0.25, -0.2) is 0 Å². The van der Waals surface area contributed by atoms with E-state index in [1.807, 2.05) is 0 Å². The molecule has 1 rings (SSSR count). The summed E-state index contributed by atoms with van der Waals surface area (Å²) in [6, 6.07) is 0.941. The molecule has 1 fully saturated rings. The monoisotopic (exact) mass is 202 g/mol. The lowest BCUT2D eigenvalue weighted by molar-refractivity contribution is 0.0916. The summed E-state index contributed by atoms with van der Waals surface area (Å²) in [4.78, 5) is 0. The van der Waals surface area contributed by atoms with E-state index in [9.17, 15) is 0 Å². The maximum Gasteiger partial charge on any atom is 0.0698 e. The summed E-state index contributed by atoms with van der Waals surface area (Å²) in [6.07, 6.45) is 4.71. The molecular formula is C10H22N2O2. The Balaban J connectivity index is 1.95. The van der Waals surface area contributed by atoms with Crippen molar-refractivity contribution in [1.29, 1.82) is 0 Å². The fourth-order valence-corrected chi connectivity index (χ4v) is 1.91. The molecule has 84 valence electrons. The summed E-state index contributed by atoms with van der Waals surface area (Å²) in [5.41, 5.74) is 5.87. The predicted octanol–water partition coefficient (Wildman–Crippen LogP) is -0.145. The minimum absolute atomic E-state index is 0.105. The Kier molecular flexibility index (Phi) is 6.10. The second-order valence-corrected chi connectivity index (χ2v) is 3.91. The van der Waals surface area contributed by atoms with Gasteiger partial charge in [0.15, 0.2) is 0 Å². The van der Waals surface area contributed by atoms with Crippen molar-refractivity contribution in [3.63, 3.8) is 0 Å². The summed E-state index contributed by atoms with van der Waals surface area (Å²) < 4.78 is 5.16. The van der Waals surface area contributed by atoms with Gasteiger partial charge in [0.2, 0.25) is 0 Å². The van der Waals surface area contributed by atoms with E-state index < -0.39 is 0 Å². The lowest BCUT2D eigenvalue weighted by Gasteiger charge is -2.27. The molecule has 0 radical (unpaired) electrons. The van der Waals surface area contributed by atoms with Crippen LogP contribution in [0.2, 0.25) is 0 Å². The zero-order valence-electron chi connectivity index (χ0n) is 8.74. The molecule has 14 heavy (non-hydrogen) atoms. The highest BCUT2D eigenvalue weighted by Crippen LogP contribution is 2.16. The van der Waals surface area contributed by atoms with Crippen molar-refractivity contribution in [2.24, 2.45) is 5.73 Å². The van der Waals surface area contributed by atoms with Crippen LogP contribution in [0.4, 0.5) is 0 Å². The van der Waals surface area contributed by atoms with Crippen molar-refractivity contribution in [3.8, 4) is 0 Å². The Hall–Kier alpha value is -0.160. The highest BCUT2D eigenvalue weighted by atomic mass is 16.5. The molecule has 0 amide bonds. The first-order chi connectivity index (χ1) is 6.83. The smallest absolute Gasteiger partial charge is 0.0698 e. The van der Waals surface area contributed by atoms with E-state index in [-0.39, 0.29) is 6.61 Å². The third kappa shape index (κ3) is 4.91. The first-order valence-corrected chi connectivity index (χ1v) is 5.50. The molecule has 4 N–H and O–H groups in total. The Labute approximate surface area is 85.8 Å². The Morgan fingerprint density at radius 3 is 2.93 bits per heavy atom. The number of ether oxygens (including phenoxy) is 1. The summed E-state index contributed by atoms with van der Waals surface area (Å²) in [5, 5.41) is 11.9. The standard InChI is InChI=1S/C10H22N2O2/c11-9-2-1-3-10(8-9)12-4-6-14-7-5-13/h9-10,12-13H,1-8,11H2. The van der Waals surface area contributed by atoms with E-state index in [2.05, 4.69) is 5.32 Å². The Morgan fingerprint density at radius 2 is 2.21 bits per heavy atom. The van der Waals surface area contributed by atoms with E-state index in [0.29, 0.717) is 25.3 Å². The second kappa shape index (κ2) is 7.17. The van der Waals surface area contributed by atoms with Gasteiger partial charge in [0, 0.05) is 18.6 Å². The highest BCUT2D eigenvalue weighted by Gasteiger charge is 2.17. The normalized spacial score (nSPS) is 27.9. The molecule has 4 heteroatoms. The molecule has 1 aliphatic rings. The lowest BCUT2D eigenvalue weighted by atomic mass is 9.92. The molecule has 0 heterocycles. The van der Waals surface area contributed by atoms with Crippen LogP contribution in [0.1, 0.15) is 25.7 Å². The average Bonchev–Trinajstić information content (AvgIpc) is 2.18. The second-order valence-electron chi connectivity index (χ2n) is 3.91. The SMILES string of the molecule is NC1CCCC(NCCOCCO)C1. The van der Waals surface area contributed by atoms with Gasteiger partial charge in [-0.3, -0.25) is 0 Å². The van der Waals surface area contributed by atoms with Crippen LogP contribution in [-0.4, -0.2) is 43.6 Å². The van der Waals surface area contributed by atoms with Crippen molar-refractivity contribution in [2.75, 3.05) is 26.4 Å². The number of rotatable bonds is 6. The molecule has 2 unspecified atom stereocenters. The van der Waals surface area contributed by atoms with E-state index >= 15 is 0 Å². The maximum atomic E-state index is 8.49. The van der Waals surface area contributed by atoms with Gasteiger partial charge in [-0.1, -0.05) is 6.42 Å². The summed E-state index contributed by atoms with van der Waals surface area (Å²) in [6.45, 7) is 2.07. The van der Waals surface area contributed by atoms with Gasteiger partial charge in [0.1, 0.15) is 0 Å². The average molecular weight is 202 g/mol. The largest absolute Gasteiger partial charge is 0.394 e. The van der Waals surface area contributed by atoms with Gasteiger partial charge < -0.3 is 20.9 Å². The summed E-state index contributed by atoms with van der Waals surface area (Å²) >= 11 is 0. The molecule has 0 aliphatic heterocycles. The van der Waals surface area contributed by atoms with Crippen LogP contribution in [-0.2, 0) is 4.74 Å². The van der Waals surface area contributed by atoms with Gasteiger partial charge in [0.25, 0.3) is 0 Å². The van der Waals surface area contributed by atoms with E-state index in [0.717, 1.165) is 13.0 Å². The fourth-order valence-electron chi connectivity index (χ4n) is 1.91. The molecule has 0 aromatic heterocycles. The quantitative estimate of drug-likeness (QED) is 0.524. The van der Waals surface area contributed by atoms with E-state index in [1.165, 1.54) is 19.3 Å². The highest BCUT2D eigenvalue weighted by molar-refractivity contribution is 4.79. The van der Waals surface area contributed by atoms with Crippen molar-refractivity contribution in [2.45, 2.75) is 37.8 Å². The van der Waals surface area contributed by atoms with Crippen LogP contribution in [0.25, 0.3) is 0 Å². The van der Waals surface area contributed by atoms with Crippen LogP contribution in [0.15, 0.2) is 0 Å². The van der Waals surface area contributed by atoms with Gasteiger partial charge >= 0.3 is 0 Å². The molecule has 1 aliphatic carbocycles. The minimum atomic E-state index is 0.105. The van der Waals surface area contributed by atoms with Crippen LogP contribution in [0, 0.1) is 0 Å². The van der Waals surface area contributed by atoms with Gasteiger partial charge in [-0.15, -0.1) is 0 Å². The van der Waals surface area contributed by atoms with Crippen molar-refractivity contribution in [3.05, 3.63) is 0 Å². The molecule has 2 atom stereocenters. The minimum Gasteiger partial charge on any atom is -0.394 e. The van der Waals surface area contributed by atoms with Crippen LogP contribution in [0.3, 0.4) is 0 Å². The van der Waals surface area contributed by atoms with Crippen molar-refractivity contribution >= 4 is 0 Å². The zero-order valence-corrected chi connectivity index (χ0v) is 8.74. The molecule has 0 bridgehead atoms. The number of aliphatic hydroxyl groups excluding tert-OH is 1. The zero-order chi connectivity index (χ0) is 10.2. The molecule has 0 aromatic carbocycles. The molecule has 4 nitrogen and oxygen atoms in total. The third-order valence-electron chi connectivity index (χ3n) is 2.63. The fraction of sp³-hybridized carbons (Fsp3) is 1.00. The first kappa shape index (κ1) is 11.9. The summed E-state index contributed by atoms with van der Waals surface area (Å²) in [7, 11) is 0. The Morgan fingerprint density at radius 1 is 1.36 bits per heavy atom. The number of nitrogens with one attached hydrogen (secondary N) is 1. The van der Waals surface area contributed by atoms with E-state index in [4.69, 9.17) is 15.6 Å². The molecule has 1 saturated carbocycles. The molecule has 0 aromatic rings. The van der Waals surface area contributed by atoms with Gasteiger partial charge in [0.05, 0.1) is 19.8 Å². The van der Waals surface area contributed by atoms with Gasteiger partial charge in [-0.05, 0) is 19.3 Å². The number of nitrogens with two attached hydrogens (primary N) is 1. The first-order valence-electron chi connectivity index (χ1n) is 5.50. The van der Waals surface area contributed by atoms with Crippen LogP contribution < -0.4 is 11.1 Å². The molecule has 0 saturated heterocycles. The number of aliphatic hydroxyl groups is 1. The maximum absolute atomic E-state index is 8.49. The van der Waals surface area contributed by atoms with E-state index in [1.54, 1.807) is 0 Å². The predicted molar refractivity (Wildman–Crippen MR) is 56.1 cm³/mol. The summed E-state index contributed by atoms with van der Waals surface area (Å²) in [5.74, 6) is 0. The number of hydrogen-bond acceptors (Lipinski definition) is 4. The lowest BCUT2D eigenvalue weighted by Crippen LogP contribution is -2.40. The van der Waals surface area contributed by atoms with Gasteiger partial charge in [-0.2, -0.15) is 0 Å². The third-order valence-corrected chi connectivity index (χ3v) is 2.63. The molecular weight excluding hydrogens is 180 g/mol. The van der Waals surface area contributed by atoms with Crippen molar-refractivity contribution < 1.29 is 9.84 Å². The van der Waals surface area contributed by atoms with Crippen LogP contribution in [0.5, 0.6) is 0 Å². The number of hydrogen-bond donors (Lipinski definition) is 3. The Bertz CT molecular complexity index is 144. The van der Waals surface area contributed by atoms with Crippen LogP contribution >= 0.6 is 0 Å².